The summed E-state index contributed by atoms with van der Waals surface area (Å²) in [5, 5.41) is 20.3. The molecule has 0 aromatic heterocycles. The van der Waals surface area contributed by atoms with E-state index in [1.807, 2.05) is 0 Å². The third-order valence-electron chi connectivity index (χ3n) is 2.55. The summed E-state index contributed by atoms with van der Waals surface area (Å²) < 4.78 is 12.7. The summed E-state index contributed by atoms with van der Waals surface area (Å²) >= 11 is 0. The first kappa shape index (κ1) is 14.9. The number of benzene rings is 1. The van der Waals surface area contributed by atoms with Crippen molar-refractivity contribution in [3.05, 3.63) is 30.1 Å². The Bertz CT molecular complexity index is 461. The maximum Gasteiger partial charge on any atom is 0.328 e. The summed E-state index contributed by atoms with van der Waals surface area (Å²) in [5.41, 5.74) is 0.397. The molecule has 0 spiro atoms. The molecule has 0 fully saturated rings. The molecule has 0 saturated heterocycles. The zero-order valence-electron chi connectivity index (χ0n) is 10.5. The summed E-state index contributed by atoms with van der Waals surface area (Å²) in [6.07, 6.45) is -1.23. The van der Waals surface area contributed by atoms with Crippen molar-refractivity contribution in [2.75, 3.05) is 11.9 Å². The molecule has 0 saturated carbocycles. The average Bonchev–Trinajstić information content (AvgIpc) is 2.34. The highest BCUT2D eigenvalue weighted by Crippen LogP contribution is 2.13. The minimum absolute atomic E-state index is 0.397. The Morgan fingerprint density at radius 3 is 2.26 bits per heavy atom. The van der Waals surface area contributed by atoms with Gasteiger partial charge in [-0.05, 0) is 31.2 Å². The Balaban J connectivity index is 2.77. The van der Waals surface area contributed by atoms with Crippen LogP contribution in [0, 0.1) is 5.82 Å². The molecular formula is C12H15FN2O4. The molecule has 0 heterocycles. The van der Waals surface area contributed by atoms with Crippen LogP contribution in [0.4, 0.5) is 14.9 Å². The molecule has 0 unspecified atom stereocenters. The molecule has 0 bridgehead atoms. The Labute approximate surface area is 109 Å². The predicted octanol–water partition coefficient (Wildman–Crippen LogP) is 0.805. The lowest BCUT2D eigenvalue weighted by molar-refractivity contribution is -0.141. The van der Waals surface area contributed by atoms with Gasteiger partial charge in [-0.25, -0.2) is 14.0 Å². The van der Waals surface area contributed by atoms with E-state index in [4.69, 9.17) is 5.11 Å². The van der Waals surface area contributed by atoms with Gasteiger partial charge >= 0.3 is 12.0 Å². The van der Waals surface area contributed by atoms with Gasteiger partial charge in [-0.15, -0.1) is 0 Å². The number of carbonyl (C=O) groups excluding carboxylic acids is 1. The van der Waals surface area contributed by atoms with Crippen LogP contribution in [0.1, 0.15) is 6.92 Å². The van der Waals surface area contributed by atoms with E-state index in [0.29, 0.717) is 5.69 Å². The van der Waals surface area contributed by atoms with Crippen molar-refractivity contribution in [3.8, 4) is 0 Å². The number of hydrogen-bond donors (Lipinski definition) is 3. The number of carbonyl (C=O) groups is 2. The smallest absolute Gasteiger partial charge is 0.328 e. The maximum atomic E-state index is 12.7. The summed E-state index contributed by atoms with van der Waals surface area (Å²) in [6, 6.07) is 3.01. The Kier molecular flexibility index (Phi) is 4.82. The van der Waals surface area contributed by atoms with E-state index in [1.165, 1.54) is 38.2 Å². The fourth-order valence-corrected chi connectivity index (χ4v) is 1.40. The summed E-state index contributed by atoms with van der Waals surface area (Å²) in [7, 11) is 1.41. The first-order valence-corrected chi connectivity index (χ1v) is 5.53. The topological polar surface area (TPSA) is 89.9 Å². The van der Waals surface area contributed by atoms with Crippen molar-refractivity contribution in [1.82, 2.24) is 5.32 Å². The van der Waals surface area contributed by atoms with Gasteiger partial charge in [0.05, 0.1) is 6.10 Å². The molecule has 3 N–H and O–H groups in total. The lowest BCUT2D eigenvalue weighted by Crippen LogP contribution is -2.51. The van der Waals surface area contributed by atoms with Crippen molar-refractivity contribution in [2.24, 2.45) is 0 Å². The number of nitrogens with zero attached hydrogens (tertiary/aromatic N) is 1. The van der Waals surface area contributed by atoms with Crippen LogP contribution in [0.25, 0.3) is 0 Å². The van der Waals surface area contributed by atoms with E-state index in [2.05, 4.69) is 5.32 Å². The minimum atomic E-state index is -1.41. The third kappa shape index (κ3) is 3.92. The number of amides is 2. The fraction of sp³-hybridized carbons (Fsp3) is 0.333. The van der Waals surface area contributed by atoms with Crippen LogP contribution < -0.4 is 10.2 Å². The molecular weight excluding hydrogens is 255 g/mol. The number of rotatable bonds is 4. The van der Waals surface area contributed by atoms with Gasteiger partial charge in [-0.2, -0.15) is 0 Å². The van der Waals surface area contributed by atoms with Gasteiger partial charge in [0.1, 0.15) is 5.82 Å². The van der Waals surface area contributed by atoms with E-state index in [-0.39, 0.29) is 0 Å². The van der Waals surface area contributed by atoms with E-state index < -0.39 is 30.0 Å². The second-order valence-electron chi connectivity index (χ2n) is 4.04. The van der Waals surface area contributed by atoms with Crippen LogP contribution in [0.5, 0.6) is 0 Å². The molecule has 2 atom stereocenters. The van der Waals surface area contributed by atoms with Crippen LogP contribution in [0.3, 0.4) is 0 Å². The van der Waals surface area contributed by atoms with E-state index >= 15 is 0 Å². The number of aliphatic carboxylic acids is 1. The highest BCUT2D eigenvalue weighted by atomic mass is 19.1. The largest absolute Gasteiger partial charge is 0.480 e. The van der Waals surface area contributed by atoms with Gasteiger partial charge in [0.15, 0.2) is 6.04 Å². The third-order valence-corrected chi connectivity index (χ3v) is 2.55. The lowest BCUT2D eigenvalue weighted by Gasteiger charge is -2.22. The van der Waals surface area contributed by atoms with Crippen molar-refractivity contribution in [2.45, 2.75) is 19.1 Å². The van der Waals surface area contributed by atoms with Crippen molar-refractivity contribution >= 4 is 17.7 Å². The molecule has 0 aliphatic rings. The van der Waals surface area contributed by atoms with E-state index in [0.717, 1.165) is 4.90 Å². The van der Waals surface area contributed by atoms with Gasteiger partial charge in [-0.1, -0.05) is 0 Å². The molecule has 7 heteroatoms. The number of hydrogen-bond acceptors (Lipinski definition) is 3. The fourth-order valence-electron chi connectivity index (χ4n) is 1.40. The number of urea groups is 1. The summed E-state index contributed by atoms with van der Waals surface area (Å²) in [5.74, 6) is -1.78. The minimum Gasteiger partial charge on any atom is -0.480 e. The van der Waals surface area contributed by atoms with Gasteiger partial charge in [-0.3, -0.25) is 4.90 Å². The first-order valence-electron chi connectivity index (χ1n) is 5.53. The normalized spacial score (nSPS) is 13.5. The van der Waals surface area contributed by atoms with Gasteiger partial charge in [0.2, 0.25) is 0 Å². The Hall–Kier alpha value is -2.15. The number of anilines is 1. The number of halogens is 1. The standard InChI is InChI=1S/C12H15FN2O4/c1-7(16)10(11(17)18)14-12(19)15(2)9-5-3-8(13)4-6-9/h3-7,10,16H,1-2H3,(H,14,19)(H,17,18)/t7-,10+/m1/s1. The monoisotopic (exact) mass is 270 g/mol. The van der Waals surface area contributed by atoms with Crippen LogP contribution in [0.15, 0.2) is 24.3 Å². The van der Waals surface area contributed by atoms with Crippen LogP contribution >= 0.6 is 0 Å². The quantitative estimate of drug-likeness (QED) is 0.755. The SMILES string of the molecule is C[C@@H](O)[C@H](NC(=O)N(C)c1ccc(F)cc1)C(=O)O. The maximum absolute atomic E-state index is 12.7. The highest BCUT2D eigenvalue weighted by Gasteiger charge is 2.26. The Morgan fingerprint density at radius 1 is 1.32 bits per heavy atom. The predicted molar refractivity (Wildman–Crippen MR) is 66.4 cm³/mol. The van der Waals surface area contributed by atoms with Gasteiger partial charge in [0, 0.05) is 12.7 Å². The number of aliphatic hydroxyl groups is 1. The molecule has 1 aromatic carbocycles. The molecule has 104 valence electrons. The van der Waals surface area contributed by atoms with E-state index in [1.54, 1.807) is 0 Å². The molecule has 1 rings (SSSR count). The average molecular weight is 270 g/mol. The zero-order chi connectivity index (χ0) is 14.6. The first-order chi connectivity index (χ1) is 8.82. The molecule has 0 aliphatic heterocycles. The van der Waals surface area contributed by atoms with Crippen molar-refractivity contribution < 1.29 is 24.2 Å². The summed E-state index contributed by atoms with van der Waals surface area (Å²) in [4.78, 5) is 23.8. The highest BCUT2D eigenvalue weighted by molar-refractivity contribution is 5.94. The molecule has 0 aliphatic carbocycles. The molecule has 19 heavy (non-hydrogen) atoms. The number of nitrogens with one attached hydrogen (secondary N) is 1. The second-order valence-corrected chi connectivity index (χ2v) is 4.04. The number of carboxylic acids is 1. The Morgan fingerprint density at radius 2 is 1.84 bits per heavy atom. The number of carboxylic acid groups (broad SMARTS) is 1. The number of aliphatic hydroxyl groups excluding tert-OH is 1. The van der Waals surface area contributed by atoms with Crippen molar-refractivity contribution in [1.29, 1.82) is 0 Å². The molecule has 2 amide bonds. The van der Waals surface area contributed by atoms with Crippen LogP contribution in [-0.2, 0) is 4.79 Å². The van der Waals surface area contributed by atoms with Gasteiger partial charge < -0.3 is 15.5 Å². The van der Waals surface area contributed by atoms with Gasteiger partial charge in [0.25, 0.3) is 0 Å². The molecule has 0 radical (unpaired) electrons. The van der Waals surface area contributed by atoms with E-state index in [9.17, 15) is 19.1 Å². The lowest BCUT2D eigenvalue weighted by atomic mass is 10.2. The van der Waals surface area contributed by atoms with Crippen molar-refractivity contribution in [3.63, 3.8) is 0 Å². The summed E-state index contributed by atoms with van der Waals surface area (Å²) in [6.45, 7) is 1.26. The van der Waals surface area contributed by atoms with Crippen LogP contribution in [0.2, 0.25) is 0 Å². The van der Waals surface area contributed by atoms with Crippen LogP contribution in [-0.4, -0.2) is 41.4 Å². The molecule has 6 nitrogen and oxygen atoms in total. The zero-order valence-corrected chi connectivity index (χ0v) is 10.5. The molecule has 1 aromatic rings. The second kappa shape index (κ2) is 6.14.